The summed E-state index contributed by atoms with van der Waals surface area (Å²) in [5, 5.41) is 2.75. The number of carbonyl (C=O) groups is 1. The van der Waals surface area contributed by atoms with Gasteiger partial charge in [0.1, 0.15) is 5.75 Å². The summed E-state index contributed by atoms with van der Waals surface area (Å²) < 4.78 is 37.6. The zero-order valence-electron chi connectivity index (χ0n) is 15.9. The van der Waals surface area contributed by atoms with Crippen LogP contribution in [0, 0.1) is 6.92 Å². The van der Waals surface area contributed by atoms with Gasteiger partial charge in [-0.25, -0.2) is 8.42 Å². The quantitative estimate of drug-likeness (QED) is 0.799. The highest BCUT2D eigenvalue weighted by atomic mass is 32.2. The summed E-state index contributed by atoms with van der Waals surface area (Å²) in [4.78, 5) is 12.6. The molecule has 0 radical (unpaired) electrons. The van der Waals surface area contributed by atoms with E-state index in [1.54, 1.807) is 19.1 Å². The maximum atomic E-state index is 12.6. The van der Waals surface area contributed by atoms with Crippen molar-refractivity contribution >= 4 is 21.6 Å². The minimum atomic E-state index is -3.55. The molecule has 1 aliphatic heterocycles. The van der Waals surface area contributed by atoms with E-state index in [0.717, 1.165) is 5.56 Å². The topological polar surface area (TPSA) is 84.9 Å². The van der Waals surface area contributed by atoms with Gasteiger partial charge in [-0.1, -0.05) is 18.2 Å². The average Bonchev–Trinajstić information content (AvgIpc) is 2.70. The first-order valence-corrected chi connectivity index (χ1v) is 10.5. The van der Waals surface area contributed by atoms with Crippen LogP contribution in [-0.4, -0.2) is 51.0 Å². The molecule has 7 nitrogen and oxygen atoms in total. The molecule has 0 spiro atoms. The Morgan fingerprint density at radius 3 is 2.39 bits per heavy atom. The zero-order valence-corrected chi connectivity index (χ0v) is 16.7. The van der Waals surface area contributed by atoms with E-state index in [2.05, 4.69) is 5.32 Å². The number of ether oxygens (including phenoxy) is 2. The molecule has 1 N–H and O–H groups in total. The first kappa shape index (κ1) is 20.3. The number of aryl methyl sites for hydroxylation is 1. The number of anilines is 1. The monoisotopic (exact) mass is 404 g/mol. The Morgan fingerprint density at radius 2 is 1.75 bits per heavy atom. The normalized spacial score (nSPS) is 16.4. The number of carbonyl (C=O) groups excluding carboxylic acids is 1. The van der Waals surface area contributed by atoms with Gasteiger partial charge in [-0.15, -0.1) is 0 Å². The molecule has 0 bridgehead atoms. The van der Waals surface area contributed by atoms with Gasteiger partial charge < -0.3 is 14.8 Å². The van der Waals surface area contributed by atoms with Crippen LogP contribution in [0.25, 0.3) is 0 Å². The molecule has 2 aromatic carbocycles. The van der Waals surface area contributed by atoms with Gasteiger partial charge in [0.25, 0.3) is 5.91 Å². The molecule has 1 atom stereocenters. The van der Waals surface area contributed by atoms with E-state index >= 15 is 0 Å². The second-order valence-electron chi connectivity index (χ2n) is 6.56. The molecule has 0 unspecified atom stereocenters. The van der Waals surface area contributed by atoms with Crippen molar-refractivity contribution in [3.8, 4) is 5.75 Å². The molecule has 2 aromatic rings. The summed E-state index contributed by atoms with van der Waals surface area (Å²) in [6, 6.07) is 13.6. The standard InChI is InChI=1S/C20H24N2O5S/c1-15-5-3-4-6-19(15)27-16(2)20(23)21-17-7-9-18(10-8-17)28(24,25)22-11-13-26-14-12-22/h3-10,16H,11-14H2,1-2H3,(H,21,23)/t16-/m1/s1. The second kappa shape index (κ2) is 8.72. The number of rotatable bonds is 6. The number of morpholine rings is 1. The number of nitrogens with one attached hydrogen (secondary N) is 1. The van der Waals surface area contributed by atoms with Crippen molar-refractivity contribution in [3.05, 3.63) is 54.1 Å². The summed E-state index contributed by atoms with van der Waals surface area (Å²) in [5.74, 6) is 0.337. The molecule has 0 aromatic heterocycles. The van der Waals surface area contributed by atoms with Crippen LogP contribution in [0.5, 0.6) is 5.75 Å². The Bertz CT molecular complexity index is 922. The fourth-order valence-electron chi connectivity index (χ4n) is 2.82. The molecule has 150 valence electrons. The van der Waals surface area contributed by atoms with Crippen molar-refractivity contribution in [1.82, 2.24) is 4.31 Å². The first-order valence-electron chi connectivity index (χ1n) is 9.09. The maximum absolute atomic E-state index is 12.6. The van der Waals surface area contributed by atoms with Crippen molar-refractivity contribution < 1.29 is 22.7 Å². The fourth-order valence-corrected chi connectivity index (χ4v) is 4.23. The Balaban J connectivity index is 1.63. The van der Waals surface area contributed by atoms with Crippen molar-refractivity contribution in [3.63, 3.8) is 0 Å². The molecular weight excluding hydrogens is 380 g/mol. The number of hydrogen-bond donors (Lipinski definition) is 1. The van der Waals surface area contributed by atoms with Gasteiger partial charge in [0.2, 0.25) is 10.0 Å². The first-order chi connectivity index (χ1) is 13.4. The maximum Gasteiger partial charge on any atom is 0.265 e. The highest BCUT2D eigenvalue weighted by Gasteiger charge is 2.26. The predicted molar refractivity (Wildman–Crippen MR) is 106 cm³/mol. The van der Waals surface area contributed by atoms with E-state index in [9.17, 15) is 13.2 Å². The van der Waals surface area contributed by atoms with E-state index in [0.29, 0.717) is 37.7 Å². The van der Waals surface area contributed by atoms with Crippen molar-refractivity contribution in [1.29, 1.82) is 0 Å². The third-order valence-corrected chi connectivity index (χ3v) is 6.41. The lowest BCUT2D eigenvalue weighted by molar-refractivity contribution is -0.122. The van der Waals surface area contributed by atoms with Gasteiger partial charge in [0.15, 0.2) is 6.10 Å². The van der Waals surface area contributed by atoms with Crippen molar-refractivity contribution in [2.45, 2.75) is 24.8 Å². The zero-order chi connectivity index (χ0) is 20.1. The van der Waals surface area contributed by atoms with Crippen LogP contribution >= 0.6 is 0 Å². The Kier molecular flexibility index (Phi) is 6.33. The molecular formula is C20H24N2O5S. The van der Waals surface area contributed by atoms with Crippen molar-refractivity contribution in [2.24, 2.45) is 0 Å². The molecule has 1 fully saturated rings. The van der Waals surface area contributed by atoms with E-state index in [1.165, 1.54) is 16.4 Å². The highest BCUT2D eigenvalue weighted by Crippen LogP contribution is 2.21. The van der Waals surface area contributed by atoms with Gasteiger partial charge in [0, 0.05) is 18.8 Å². The Morgan fingerprint density at radius 1 is 1.11 bits per heavy atom. The minimum absolute atomic E-state index is 0.191. The van der Waals surface area contributed by atoms with Crippen LogP contribution in [0.3, 0.4) is 0 Å². The molecule has 1 heterocycles. The van der Waals surface area contributed by atoms with Crippen LogP contribution in [0.15, 0.2) is 53.4 Å². The molecule has 1 saturated heterocycles. The van der Waals surface area contributed by atoms with Crippen LogP contribution in [-0.2, 0) is 19.6 Å². The number of amides is 1. The van der Waals surface area contributed by atoms with Crippen LogP contribution in [0.2, 0.25) is 0 Å². The third kappa shape index (κ3) is 4.70. The summed E-state index contributed by atoms with van der Waals surface area (Å²) in [5.41, 5.74) is 1.45. The SMILES string of the molecule is Cc1ccccc1O[C@H](C)C(=O)Nc1ccc(S(=O)(=O)N2CCOCC2)cc1. The van der Waals surface area contributed by atoms with E-state index < -0.39 is 16.1 Å². The molecule has 1 amide bonds. The lowest BCUT2D eigenvalue weighted by atomic mass is 10.2. The van der Waals surface area contributed by atoms with Crippen LogP contribution < -0.4 is 10.1 Å². The summed E-state index contributed by atoms with van der Waals surface area (Å²) >= 11 is 0. The number of para-hydroxylation sites is 1. The highest BCUT2D eigenvalue weighted by molar-refractivity contribution is 7.89. The number of hydrogen-bond acceptors (Lipinski definition) is 5. The fraction of sp³-hybridized carbons (Fsp3) is 0.350. The predicted octanol–water partition coefficient (Wildman–Crippen LogP) is 2.42. The van der Waals surface area contributed by atoms with Gasteiger partial charge in [-0.3, -0.25) is 4.79 Å². The third-order valence-electron chi connectivity index (χ3n) is 4.50. The Hall–Kier alpha value is -2.42. The molecule has 8 heteroatoms. The minimum Gasteiger partial charge on any atom is -0.481 e. The van der Waals surface area contributed by atoms with Gasteiger partial charge in [-0.05, 0) is 49.7 Å². The molecule has 3 rings (SSSR count). The molecule has 0 aliphatic carbocycles. The number of benzene rings is 2. The van der Waals surface area contributed by atoms with Crippen LogP contribution in [0.4, 0.5) is 5.69 Å². The van der Waals surface area contributed by atoms with Gasteiger partial charge in [-0.2, -0.15) is 4.31 Å². The summed E-state index contributed by atoms with van der Waals surface area (Å²) in [7, 11) is -3.55. The number of sulfonamides is 1. The molecule has 0 saturated carbocycles. The largest absolute Gasteiger partial charge is 0.481 e. The summed E-state index contributed by atoms with van der Waals surface area (Å²) in [6.45, 7) is 5.05. The summed E-state index contributed by atoms with van der Waals surface area (Å²) in [6.07, 6.45) is -0.696. The van der Waals surface area contributed by atoms with Crippen LogP contribution in [0.1, 0.15) is 12.5 Å². The second-order valence-corrected chi connectivity index (χ2v) is 8.49. The average molecular weight is 404 g/mol. The number of nitrogens with zero attached hydrogens (tertiary/aromatic N) is 1. The molecule has 1 aliphatic rings. The van der Waals surface area contributed by atoms with E-state index in [1.807, 2.05) is 31.2 Å². The van der Waals surface area contributed by atoms with Gasteiger partial charge >= 0.3 is 0 Å². The lowest BCUT2D eigenvalue weighted by Crippen LogP contribution is -2.40. The lowest BCUT2D eigenvalue weighted by Gasteiger charge is -2.26. The van der Waals surface area contributed by atoms with Crippen molar-refractivity contribution in [2.75, 3.05) is 31.6 Å². The molecule has 28 heavy (non-hydrogen) atoms. The van der Waals surface area contributed by atoms with Gasteiger partial charge in [0.05, 0.1) is 18.1 Å². The van der Waals surface area contributed by atoms with E-state index in [-0.39, 0.29) is 10.8 Å². The Labute approximate surface area is 165 Å². The van der Waals surface area contributed by atoms with E-state index in [4.69, 9.17) is 9.47 Å². The smallest absolute Gasteiger partial charge is 0.265 e.